The lowest BCUT2D eigenvalue weighted by Crippen LogP contribution is -2.36. The van der Waals surface area contributed by atoms with Gasteiger partial charge in [0.25, 0.3) is 0 Å². The van der Waals surface area contributed by atoms with E-state index in [2.05, 4.69) is 21.8 Å². The van der Waals surface area contributed by atoms with E-state index in [4.69, 9.17) is 0 Å². The molecule has 1 fully saturated rings. The third-order valence-electron chi connectivity index (χ3n) is 3.45. The van der Waals surface area contributed by atoms with Crippen molar-refractivity contribution in [2.45, 2.75) is 32.6 Å². The summed E-state index contributed by atoms with van der Waals surface area (Å²) in [6.45, 7) is 4.56. The third-order valence-corrected chi connectivity index (χ3v) is 3.45. The summed E-state index contributed by atoms with van der Waals surface area (Å²) in [5, 5.41) is 0. The number of piperidine rings is 1. The zero-order valence-electron chi connectivity index (χ0n) is 11.8. The van der Waals surface area contributed by atoms with Crippen LogP contribution in [-0.2, 0) is 4.79 Å². The Hall–Kier alpha value is -1.65. The molecule has 2 heterocycles. The molecule has 1 saturated heterocycles. The molecule has 1 aliphatic rings. The first-order valence-electron chi connectivity index (χ1n) is 7.00. The Morgan fingerprint density at radius 1 is 1.42 bits per heavy atom. The molecule has 0 aliphatic carbocycles. The molecular weight excluding hydrogens is 240 g/mol. The molecule has 0 amide bonds. The molecule has 5 heteroatoms. The van der Waals surface area contributed by atoms with Crippen molar-refractivity contribution in [2.24, 2.45) is 0 Å². The van der Waals surface area contributed by atoms with E-state index in [-0.39, 0.29) is 0 Å². The average Bonchev–Trinajstić information content (AvgIpc) is 2.45. The van der Waals surface area contributed by atoms with Crippen molar-refractivity contribution in [3.05, 3.63) is 12.4 Å². The van der Waals surface area contributed by atoms with E-state index >= 15 is 0 Å². The van der Waals surface area contributed by atoms with Crippen LogP contribution in [0, 0.1) is 0 Å². The van der Waals surface area contributed by atoms with E-state index in [1.165, 1.54) is 6.42 Å². The van der Waals surface area contributed by atoms with Crippen LogP contribution >= 0.6 is 0 Å². The van der Waals surface area contributed by atoms with Gasteiger partial charge in [-0.25, -0.2) is 9.97 Å². The van der Waals surface area contributed by atoms with Crippen molar-refractivity contribution in [3.8, 4) is 0 Å². The summed E-state index contributed by atoms with van der Waals surface area (Å²) in [5.74, 6) is 2.09. The summed E-state index contributed by atoms with van der Waals surface area (Å²) in [6.07, 6.45) is 5.53. The maximum absolute atomic E-state index is 11.5. The molecule has 0 atom stereocenters. The molecule has 0 unspecified atom stereocenters. The molecule has 1 aromatic rings. The van der Waals surface area contributed by atoms with E-state index in [0.717, 1.165) is 37.6 Å². The Kier molecular flexibility index (Phi) is 4.71. The Labute approximate surface area is 114 Å². The summed E-state index contributed by atoms with van der Waals surface area (Å²) < 4.78 is 0. The van der Waals surface area contributed by atoms with Crippen molar-refractivity contribution in [1.82, 2.24) is 9.97 Å². The van der Waals surface area contributed by atoms with E-state index in [9.17, 15) is 4.79 Å². The van der Waals surface area contributed by atoms with Gasteiger partial charge < -0.3 is 9.80 Å². The molecule has 104 valence electrons. The van der Waals surface area contributed by atoms with Gasteiger partial charge >= 0.3 is 0 Å². The van der Waals surface area contributed by atoms with Crippen molar-refractivity contribution in [3.63, 3.8) is 0 Å². The zero-order valence-corrected chi connectivity index (χ0v) is 11.8. The molecule has 1 aliphatic heterocycles. The van der Waals surface area contributed by atoms with Gasteiger partial charge in [0, 0.05) is 32.6 Å². The van der Waals surface area contributed by atoms with Gasteiger partial charge in [0.2, 0.25) is 0 Å². The second kappa shape index (κ2) is 6.50. The first-order valence-corrected chi connectivity index (χ1v) is 7.00. The number of unbranched alkanes of at least 4 members (excludes halogenated alkanes) is 1. The van der Waals surface area contributed by atoms with Crippen LogP contribution in [0.4, 0.5) is 11.6 Å². The van der Waals surface area contributed by atoms with Crippen LogP contribution in [0.2, 0.25) is 0 Å². The summed E-state index contributed by atoms with van der Waals surface area (Å²) in [4.78, 5) is 24.3. The van der Waals surface area contributed by atoms with Gasteiger partial charge in [0.1, 0.15) is 18.0 Å². The van der Waals surface area contributed by atoms with Gasteiger partial charge in [-0.2, -0.15) is 0 Å². The zero-order chi connectivity index (χ0) is 13.7. The van der Waals surface area contributed by atoms with Crippen molar-refractivity contribution >= 4 is 17.4 Å². The van der Waals surface area contributed by atoms with Crippen LogP contribution < -0.4 is 9.80 Å². The minimum Gasteiger partial charge on any atom is -0.360 e. The number of hydrogen-bond acceptors (Lipinski definition) is 5. The predicted octanol–water partition coefficient (Wildman–Crippen LogP) is 1.88. The van der Waals surface area contributed by atoms with Crippen molar-refractivity contribution in [1.29, 1.82) is 0 Å². The maximum atomic E-state index is 11.5. The number of nitrogens with zero attached hydrogens (tertiary/aromatic N) is 4. The summed E-state index contributed by atoms with van der Waals surface area (Å²) in [6, 6.07) is 1.98. The number of rotatable bonds is 5. The fourth-order valence-electron chi connectivity index (χ4n) is 2.26. The molecule has 19 heavy (non-hydrogen) atoms. The lowest BCUT2D eigenvalue weighted by atomic mass is 10.1. The predicted molar refractivity (Wildman–Crippen MR) is 76.7 cm³/mol. The van der Waals surface area contributed by atoms with Crippen LogP contribution in [0.1, 0.15) is 32.6 Å². The minimum absolute atomic E-state index is 0.297. The molecule has 1 aromatic heterocycles. The van der Waals surface area contributed by atoms with Gasteiger partial charge in [0.05, 0.1) is 6.54 Å². The first-order chi connectivity index (χ1) is 9.20. The molecule has 0 saturated carbocycles. The number of ketones is 1. The maximum Gasteiger partial charge on any atom is 0.152 e. The van der Waals surface area contributed by atoms with E-state index in [1.54, 1.807) is 6.33 Å². The molecule has 0 aromatic carbocycles. The number of carbonyl (C=O) groups is 1. The molecular formula is C14H22N4O. The van der Waals surface area contributed by atoms with Gasteiger partial charge in [-0.3, -0.25) is 4.79 Å². The Balaban J connectivity index is 2.07. The number of Topliss-reactive ketones (excluding diaryl/α,β-unsaturated/α-hetero) is 1. The van der Waals surface area contributed by atoms with Gasteiger partial charge in [-0.15, -0.1) is 0 Å². The van der Waals surface area contributed by atoms with Crippen LogP contribution in [0.25, 0.3) is 0 Å². The Morgan fingerprint density at radius 3 is 3.00 bits per heavy atom. The number of hydrogen-bond donors (Lipinski definition) is 0. The minimum atomic E-state index is 0.297. The molecule has 0 N–H and O–H groups in total. The Bertz CT molecular complexity index is 435. The molecule has 0 bridgehead atoms. The molecule has 0 spiro atoms. The summed E-state index contributed by atoms with van der Waals surface area (Å²) in [7, 11) is 2.04. The van der Waals surface area contributed by atoms with Crippen LogP contribution in [0.3, 0.4) is 0 Å². The molecule has 5 nitrogen and oxygen atoms in total. The highest BCUT2D eigenvalue weighted by Gasteiger charge is 2.18. The smallest absolute Gasteiger partial charge is 0.152 e. The fraction of sp³-hybridized carbons (Fsp3) is 0.643. The van der Waals surface area contributed by atoms with Crippen LogP contribution in [0.15, 0.2) is 12.4 Å². The van der Waals surface area contributed by atoms with Crippen LogP contribution in [0.5, 0.6) is 0 Å². The van der Waals surface area contributed by atoms with Gasteiger partial charge in [0.15, 0.2) is 5.78 Å². The quantitative estimate of drug-likeness (QED) is 0.811. The average molecular weight is 262 g/mol. The lowest BCUT2D eigenvalue weighted by molar-refractivity contribution is -0.118. The lowest BCUT2D eigenvalue weighted by Gasteiger charge is -2.27. The summed E-state index contributed by atoms with van der Waals surface area (Å²) in [5.41, 5.74) is 0. The largest absolute Gasteiger partial charge is 0.360 e. The monoisotopic (exact) mass is 262 g/mol. The Morgan fingerprint density at radius 2 is 2.26 bits per heavy atom. The first kappa shape index (κ1) is 13.8. The van der Waals surface area contributed by atoms with E-state index < -0.39 is 0 Å². The van der Waals surface area contributed by atoms with Crippen molar-refractivity contribution in [2.75, 3.05) is 36.5 Å². The topological polar surface area (TPSA) is 49.3 Å². The number of aromatic nitrogens is 2. The normalized spacial score (nSPS) is 15.7. The highest BCUT2D eigenvalue weighted by Crippen LogP contribution is 2.19. The fourth-order valence-corrected chi connectivity index (χ4v) is 2.26. The third kappa shape index (κ3) is 3.66. The van der Waals surface area contributed by atoms with Gasteiger partial charge in [-0.1, -0.05) is 13.3 Å². The summed E-state index contributed by atoms with van der Waals surface area (Å²) >= 11 is 0. The van der Waals surface area contributed by atoms with Crippen LogP contribution in [-0.4, -0.2) is 42.4 Å². The van der Waals surface area contributed by atoms with E-state index in [1.807, 2.05) is 18.0 Å². The number of anilines is 2. The second-order valence-electron chi connectivity index (χ2n) is 5.07. The van der Waals surface area contributed by atoms with Crippen molar-refractivity contribution < 1.29 is 4.79 Å². The highest BCUT2D eigenvalue weighted by molar-refractivity contribution is 5.84. The SMILES string of the molecule is CCCCN(C)c1cc(N2CCCC(=O)C2)ncn1. The molecule has 0 radical (unpaired) electrons. The van der Waals surface area contributed by atoms with E-state index in [0.29, 0.717) is 18.7 Å². The number of carbonyl (C=O) groups excluding carboxylic acids is 1. The highest BCUT2D eigenvalue weighted by atomic mass is 16.1. The molecule has 2 rings (SSSR count). The van der Waals surface area contributed by atoms with Gasteiger partial charge in [-0.05, 0) is 12.8 Å². The second-order valence-corrected chi connectivity index (χ2v) is 5.07. The standard InChI is InChI=1S/C14H22N4O/c1-3-4-7-17(2)13-9-14(16-11-15-13)18-8-5-6-12(19)10-18/h9,11H,3-8,10H2,1-2H3.